The zero-order chi connectivity index (χ0) is 18.5. The third-order valence-electron chi connectivity index (χ3n) is 3.41. The first-order valence-corrected chi connectivity index (χ1v) is 9.30. The first-order chi connectivity index (χ1) is 12.6. The number of nitro groups is 1. The molecule has 0 spiro atoms. The summed E-state index contributed by atoms with van der Waals surface area (Å²) in [6.45, 7) is 0.271. The van der Waals surface area contributed by atoms with Gasteiger partial charge in [-0.05, 0) is 18.2 Å². The van der Waals surface area contributed by atoms with Gasteiger partial charge >= 0.3 is 5.69 Å². The molecular formula is C16H14BrN5O3S. The Balaban J connectivity index is 1.62. The van der Waals surface area contributed by atoms with E-state index in [4.69, 9.17) is 10.6 Å². The van der Waals surface area contributed by atoms with E-state index in [0.29, 0.717) is 16.7 Å². The summed E-state index contributed by atoms with van der Waals surface area (Å²) in [7, 11) is 0. The maximum Gasteiger partial charge on any atom is 0.310 e. The molecule has 26 heavy (non-hydrogen) atoms. The normalized spacial score (nSPS) is 10.7. The van der Waals surface area contributed by atoms with Gasteiger partial charge in [0, 0.05) is 21.9 Å². The maximum atomic E-state index is 11.0. The minimum Gasteiger partial charge on any atom is -0.486 e. The summed E-state index contributed by atoms with van der Waals surface area (Å²) < 4.78 is 7.79. The molecule has 8 nitrogen and oxygen atoms in total. The SMILES string of the molecule is Nn1c(SCCOc2ccccc2[N+](=O)[O-])nnc1-c1ccccc1Br. The lowest BCUT2D eigenvalue weighted by Crippen LogP contribution is -2.12. The van der Waals surface area contributed by atoms with Gasteiger partial charge in [0.1, 0.15) is 0 Å². The van der Waals surface area contributed by atoms with E-state index < -0.39 is 4.92 Å². The van der Waals surface area contributed by atoms with Crippen molar-refractivity contribution < 1.29 is 9.66 Å². The summed E-state index contributed by atoms with van der Waals surface area (Å²) in [6, 6.07) is 13.8. The molecule has 3 rings (SSSR count). The lowest BCUT2D eigenvalue weighted by Gasteiger charge is -2.07. The van der Waals surface area contributed by atoms with Gasteiger partial charge < -0.3 is 10.6 Å². The molecule has 0 saturated heterocycles. The lowest BCUT2D eigenvalue weighted by molar-refractivity contribution is -0.385. The van der Waals surface area contributed by atoms with E-state index >= 15 is 0 Å². The predicted octanol–water partition coefficient (Wildman–Crippen LogP) is 3.50. The third kappa shape index (κ3) is 3.97. The Labute approximate surface area is 161 Å². The van der Waals surface area contributed by atoms with Crippen LogP contribution in [0.4, 0.5) is 5.69 Å². The van der Waals surface area contributed by atoms with E-state index in [1.165, 1.54) is 22.5 Å². The van der Waals surface area contributed by atoms with Crippen LogP contribution < -0.4 is 10.6 Å². The number of hydrogen-bond donors (Lipinski definition) is 1. The zero-order valence-electron chi connectivity index (χ0n) is 13.4. The van der Waals surface area contributed by atoms with Gasteiger partial charge in [0.05, 0.1) is 11.5 Å². The predicted molar refractivity (Wildman–Crippen MR) is 103 cm³/mol. The van der Waals surface area contributed by atoms with Crippen LogP contribution >= 0.6 is 27.7 Å². The molecule has 0 aliphatic carbocycles. The van der Waals surface area contributed by atoms with E-state index in [0.717, 1.165) is 10.0 Å². The molecule has 0 aliphatic heterocycles. The van der Waals surface area contributed by atoms with Crippen LogP contribution in [-0.2, 0) is 0 Å². The molecule has 0 bridgehead atoms. The number of para-hydroxylation sites is 2. The molecule has 2 N–H and O–H groups in total. The second kappa shape index (κ2) is 8.19. The molecule has 0 atom stereocenters. The molecule has 0 amide bonds. The van der Waals surface area contributed by atoms with Crippen LogP contribution in [0.1, 0.15) is 0 Å². The average Bonchev–Trinajstić information content (AvgIpc) is 3.00. The number of rotatable bonds is 7. The molecule has 10 heteroatoms. The summed E-state index contributed by atoms with van der Waals surface area (Å²) in [5.41, 5.74) is 0.779. The zero-order valence-corrected chi connectivity index (χ0v) is 15.8. The van der Waals surface area contributed by atoms with Crippen LogP contribution in [0.15, 0.2) is 58.2 Å². The van der Waals surface area contributed by atoms with E-state index in [9.17, 15) is 10.1 Å². The molecule has 3 aromatic rings. The number of nitrogens with two attached hydrogens (primary N) is 1. The fourth-order valence-electron chi connectivity index (χ4n) is 2.22. The van der Waals surface area contributed by atoms with Gasteiger partial charge in [-0.15, -0.1) is 10.2 Å². The average molecular weight is 436 g/mol. The van der Waals surface area contributed by atoms with Crippen molar-refractivity contribution >= 4 is 33.4 Å². The van der Waals surface area contributed by atoms with Crippen molar-refractivity contribution in [2.75, 3.05) is 18.2 Å². The van der Waals surface area contributed by atoms with Gasteiger partial charge in [0.2, 0.25) is 5.16 Å². The Morgan fingerprint density at radius 1 is 1.19 bits per heavy atom. The van der Waals surface area contributed by atoms with Crippen LogP contribution in [-0.4, -0.2) is 32.2 Å². The number of nitrogens with zero attached hydrogens (tertiary/aromatic N) is 4. The van der Waals surface area contributed by atoms with Crippen molar-refractivity contribution in [1.29, 1.82) is 0 Å². The topological polar surface area (TPSA) is 109 Å². The van der Waals surface area contributed by atoms with Gasteiger partial charge in [-0.1, -0.05) is 52.0 Å². The highest BCUT2D eigenvalue weighted by Crippen LogP contribution is 2.28. The Hall–Kier alpha value is -2.59. The molecule has 0 unspecified atom stereocenters. The number of nitrogen functional groups attached to an aromatic ring is 1. The Bertz CT molecular complexity index is 934. The van der Waals surface area contributed by atoms with E-state index in [1.807, 2.05) is 24.3 Å². The van der Waals surface area contributed by atoms with E-state index in [-0.39, 0.29) is 18.0 Å². The standard InChI is InChI=1S/C16H14BrN5O3S/c17-12-6-2-1-5-11(12)15-19-20-16(21(15)18)26-10-9-25-14-8-4-3-7-13(14)22(23)24/h1-8H,9-10,18H2. The van der Waals surface area contributed by atoms with Gasteiger partial charge in [-0.25, -0.2) is 4.68 Å². The summed E-state index contributed by atoms with van der Waals surface area (Å²) in [6.07, 6.45) is 0. The summed E-state index contributed by atoms with van der Waals surface area (Å²) in [5.74, 6) is 7.37. The lowest BCUT2D eigenvalue weighted by atomic mass is 10.2. The molecule has 1 heterocycles. The molecule has 0 aliphatic rings. The van der Waals surface area contributed by atoms with Gasteiger partial charge in [-0.3, -0.25) is 10.1 Å². The third-order valence-corrected chi connectivity index (χ3v) is 5.01. The number of nitro benzene ring substituents is 1. The second-order valence-electron chi connectivity index (χ2n) is 5.08. The number of ether oxygens (including phenoxy) is 1. The van der Waals surface area contributed by atoms with Crippen molar-refractivity contribution in [2.45, 2.75) is 5.16 Å². The molecule has 2 aromatic carbocycles. The smallest absolute Gasteiger partial charge is 0.310 e. The highest BCUT2D eigenvalue weighted by atomic mass is 79.9. The minimum absolute atomic E-state index is 0.0595. The first kappa shape index (κ1) is 18.2. The van der Waals surface area contributed by atoms with Gasteiger partial charge in [0.15, 0.2) is 11.6 Å². The molecular weight excluding hydrogens is 422 g/mol. The molecule has 134 valence electrons. The summed E-state index contributed by atoms with van der Waals surface area (Å²) in [4.78, 5) is 10.5. The molecule has 0 fully saturated rings. The Morgan fingerprint density at radius 2 is 1.92 bits per heavy atom. The highest BCUT2D eigenvalue weighted by molar-refractivity contribution is 9.10. The van der Waals surface area contributed by atoms with Crippen LogP contribution in [0, 0.1) is 10.1 Å². The number of hydrogen-bond acceptors (Lipinski definition) is 7. The second-order valence-corrected chi connectivity index (χ2v) is 6.99. The monoisotopic (exact) mass is 435 g/mol. The maximum absolute atomic E-state index is 11.0. The number of aromatic nitrogens is 3. The first-order valence-electron chi connectivity index (χ1n) is 7.52. The molecule has 0 saturated carbocycles. The van der Waals surface area contributed by atoms with E-state index in [1.54, 1.807) is 18.2 Å². The quantitative estimate of drug-likeness (QED) is 0.199. The van der Waals surface area contributed by atoms with Gasteiger partial charge in [0.25, 0.3) is 0 Å². The Kier molecular flexibility index (Phi) is 5.74. The van der Waals surface area contributed by atoms with Gasteiger partial charge in [-0.2, -0.15) is 0 Å². The van der Waals surface area contributed by atoms with Crippen LogP contribution in [0.2, 0.25) is 0 Å². The summed E-state index contributed by atoms with van der Waals surface area (Å²) >= 11 is 4.82. The van der Waals surface area contributed by atoms with Crippen molar-refractivity contribution in [2.24, 2.45) is 0 Å². The highest BCUT2D eigenvalue weighted by Gasteiger charge is 2.15. The van der Waals surface area contributed by atoms with Crippen LogP contribution in [0.3, 0.4) is 0 Å². The molecule has 1 aromatic heterocycles. The van der Waals surface area contributed by atoms with Crippen molar-refractivity contribution in [3.05, 3.63) is 63.1 Å². The van der Waals surface area contributed by atoms with Crippen LogP contribution in [0.25, 0.3) is 11.4 Å². The van der Waals surface area contributed by atoms with Crippen molar-refractivity contribution in [1.82, 2.24) is 14.9 Å². The Morgan fingerprint density at radius 3 is 2.69 bits per heavy atom. The largest absolute Gasteiger partial charge is 0.486 e. The van der Waals surface area contributed by atoms with Crippen molar-refractivity contribution in [3.8, 4) is 17.1 Å². The molecule has 0 radical (unpaired) electrons. The fraction of sp³-hybridized carbons (Fsp3) is 0.125. The van der Waals surface area contributed by atoms with Crippen LogP contribution in [0.5, 0.6) is 5.75 Å². The van der Waals surface area contributed by atoms with Crippen molar-refractivity contribution in [3.63, 3.8) is 0 Å². The summed E-state index contributed by atoms with van der Waals surface area (Å²) in [5, 5.41) is 19.7. The fourth-order valence-corrected chi connectivity index (χ4v) is 3.35. The number of benzene rings is 2. The van der Waals surface area contributed by atoms with E-state index in [2.05, 4.69) is 26.1 Å². The number of thioether (sulfide) groups is 1. The minimum atomic E-state index is -0.469. The number of halogens is 1.